The third-order valence-corrected chi connectivity index (χ3v) is 4.45. The minimum Gasteiger partial charge on any atom is -0.490 e. The van der Waals surface area contributed by atoms with Crippen LogP contribution < -0.4 is 19.5 Å². The van der Waals surface area contributed by atoms with Gasteiger partial charge < -0.3 is 24.6 Å². The fraction of sp³-hybridized carbons (Fsp3) is 0.647. The molecule has 22 heavy (non-hydrogen) atoms. The lowest BCUT2D eigenvalue weighted by Crippen LogP contribution is -2.49. The van der Waals surface area contributed by atoms with Crippen LogP contribution in [0.2, 0.25) is 0 Å². The molecule has 0 radical (unpaired) electrons. The van der Waals surface area contributed by atoms with Crippen LogP contribution in [0.15, 0.2) is 12.1 Å². The van der Waals surface area contributed by atoms with Crippen molar-refractivity contribution in [1.29, 1.82) is 0 Å². The number of piperidine rings is 1. The fourth-order valence-electron chi connectivity index (χ4n) is 3.39. The molecule has 1 atom stereocenters. The van der Waals surface area contributed by atoms with Gasteiger partial charge in [-0.05, 0) is 51.9 Å². The number of nitrogens with one attached hydrogen (secondary N) is 1. The van der Waals surface area contributed by atoms with E-state index in [1.807, 2.05) is 26.0 Å². The van der Waals surface area contributed by atoms with Crippen molar-refractivity contribution in [3.63, 3.8) is 0 Å². The molecule has 0 saturated carbocycles. The van der Waals surface area contributed by atoms with Crippen LogP contribution in [-0.2, 0) is 0 Å². The highest BCUT2D eigenvalue weighted by Gasteiger charge is 2.43. The maximum absolute atomic E-state index is 10.6. The van der Waals surface area contributed by atoms with E-state index >= 15 is 0 Å². The standard InChI is InChI=1S/C17H25NO4/c1-3-20-14-6-5-12-13(19)11-17(7-9-18-10-8-17)22-15(12)16(14)21-4-2/h5-6,13,18-19H,3-4,7-11H2,1-2H3. The summed E-state index contributed by atoms with van der Waals surface area (Å²) in [7, 11) is 0. The molecule has 5 heteroatoms. The van der Waals surface area contributed by atoms with Gasteiger partial charge in [0.1, 0.15) is 5.60 Å². The van der Waals surface area contributed by atoms with Crippen molar-refractivity contribution in [3.05, 3.63) is 17.7 Å². The number of fused-ring (bicyclic) bond motifs is 1. The zero-order valence-electron chi connectivity index (χ0n) is 13.4. The Morgan fingerprint density at radius 2 is 1.95 bits per heavy atom. The molecule has 0 aliphatic carbocycles. The van der Waals surface area contributed by atoms with Gasteiger partial charge in [-0.2, -0.15) is 0 Å². The highest BCUT2D eigenvalue weighted by molar-refractivity contribution is 5.57. The summed E-state index contributed by atoms with van der Waals surface area (Å²) in [4.78, 5) is 0. The molecule has 2 aliphatic rings. The Balaban J connectivity index is 2.01. The van der Waals surface area contributed by atoms with Gasteiger partial charge in [0.05, 0.1) is 19.3 Å². The van der Waals surface area contributed by atoms with E-state index in [-0.39, 0.29) is 5.60 Å². The van der Waals surface area contributed by atoms with Crippen LogP contribution in [0.4, 0.5) is 0 Å². The summed E-state index contributed by atoms with van der Waals surface area (Å²) in [6, 6.07) is 3.75. The summed E-state index contributed by atoms with van der Waals surface area (Å²) in [6.07, 6.45) is 1.92. The molecule has 2 heterocycles. The minimum atomic E-state index is -0.517. The van der Waals surface area contributed by atoms with Crippen LogP contribution >= 0.6 is 0 Å². The van der Waals surface area contributed by atoms with E-state index in [0.29, 0.717) is 36.9 Å². The number of aliphatic hydroxyl groups excluding tert-OH is 1. The van der Waals surface area contributed by atoms with Crippen LogP contribution in [0.25, 0.3) is 0 Å². The molecule has 1 unspecified atom stereocenters. The molecule has 0 amide bonds. The van der Waals surface area contributed by atoms with Crippen molar-refractivity contribution in [1.82, 2.24) is 5.32 Å². The first-order chi connectivity index (χ1) is 10.7. The Kier molecular flexibility index (Phi) is 4.45. The van der Waals surface area contributed by atoms with E-state index in [9.17, 15) is 5.11 Å². The van der Waals surface area contributed by atoms with Gasteiger partial charge in [0, 0.05) is 12.0 Å². The third-order valence-electron chi connectivity index (χ3n) is 4.45. The molecule has 2 aliphatic heterocycles. The predicted octanol–water partition coefficient (Wildman–Crippen LogP) is 2.42. The molecule has 5 nitrogen and oxygen atoms in total. The second kappa shape index (κ2) is 6.34. The zero-order valence-corrected chi connectivity index (χ0v) is 13.4. The number of benzene rings is 1. The lowest BCUT2D eigenvalue weighted by Gasteiger charge is -2.43. The predicted molar refractivity (Wildman–Crippen MR) is 83.8 cm³/mol. The second-order valence-corrected chi connectivity index (χ2v) is 5.93. The van der Waals surface area contributed by atoms with Crippen LogP contribution in [0.1, 0.15) is 44.8 Å². The summed E-state index contributed by atoms with van der Waals surface area (Å²) in [5.41, 5.74) is 0.505. The van der Waals surface area contributed by atoms with Gasteiger partial charge in [-0.3, -0.25) is 0 Å². The number of hydrogen-bond donors (Lipinski definition) is 2. The van der Waals surface area contributed by atoms with Crippen molar-refractivity contribution in [2.24, 2.45) is 0 Å². The number of ether oxygens (including phenoxy) is 3. The van der Waals surface area contributed by atoms with Crippen LogP contribution in [-0.4, -0.2) is 37.0 Å². The van der Waals surface area contributed by atoms with Gasteiger partial charge in [0.15, 0.2) is 11.5 Å². The molecule has 1 aromatic carbocycles. The molecule has 1 fully saturated rings. The Bertz CT molecular complexity index is 526. The van der Waals surface area contributed by atoms with Crippen molar-refractivity contribution < 1.29 is 19.3 Å². The summed E-state index contributed by atoms with van der Waals surface area (Å²) in [6.45, 7) is 6.81. The summed E-state index contributed by atoms with van der Waals surface area (Å²) >= 11 is 0. The van der Waals surface area contributed by atoms with E-state index in [0.717, 1.165) is 31.5 Å². The van der Waals surface area contributed by atoms with E-state index in [1.165, 1.54) is 0 Å². The molecule has 0 bridgehead atoms. The van der Waals surface area contributed by atoms with E-state index in [4.69, 9.17) is 14.2 Å². The molecular weight excluding hydrogens is 282 g/mol. The summed E-state index contributed by atoms with van der Waals surface area (Å²) < 4.78 is 17.9. The largest absolute Gasteiger partial charge is 0.490 e. The van der Waals surface area contributed by atoms with Gasteiger partial charge in [-0.1, -0.05) is 0 Å². The molecular formula is C17H25NO4. The smallest absolute Gasteiger partial charge is 0.203 e. The van der Waals surface area contributed by atoms with Gasteiger partial charge in [-0.15, -0.1) is 0 Å². The average molecular weight is 307 g/mol. The Morgan fingerprint density at radius 1 is 1.23 bits per heavy atom. The monoisotopic (exact) mass is 307 g/mol. The molecule has 1 saturated heterocycles. The lowest BCUT2D eigenvalue weighted by molar-refractivity contribution is -0.0360. The van der Waals surface area contributed by atoms with Crippen LogP contribution in [0.5, 0.6) is 17.2 Å². The highest BCUT2D eigenvalue weighted by atomic mass is 16.6. The van der Waals surface area contributed by atoms with Gasteiger partial charge in [0.25, 0.3) is 0 Å². The lowest BCUT2D eigenvalue weighted by atomic mass is 9.82. The first kappa shape index (κ1) is 15.4. The quantitative estimate of drug-likeness (QED) is 0.894. The maximum atomic E-state index is 10.6. The SMILES string of the molecule is CCOc1ccc2c(c1OCC)OC1(CCNCC1)CC2O. The zero-order chi connectivity index (χ0) is 15.6. The molecule has 122 valence electrons. The Morgan fingerprint density at radius 3 is 2.64 bits per heavy atom. The van der Waals surface area contributed by atoms with E-state index in [1.54, 1.807) is 0 Å². The molecule has 1 spiro atoms. The summed E-state index contributed by atoms with van der Waals surface area (Å²) in [5.74, 6) is 1.97. The van der Waals surface area contributed by atoms with Crippen molar-refractivity contribution in [2.45, 2.75) is 44.8 Å². The number of hydrogen-bond acceptors (Lipinski definition) is 5. The third kappa shape index (κ3) is 2.75. The van der Waals surface area contributed by atoms with E-state index < -0.39 is 6.10 Å². The molecule has 3 rings (SSSR count). The average Bonchev–Trinajstić information content (AvgIpc) is 2.51. The normalized spacial score (nSPS) is 22.8. The van der Waals surface area contributed by atoms with E-state index in [2.05, 4.69) is 5.32 Å². The van der Waals surface area contributed by atoms with Crippen molar-refractivity contribution in [3.8, 4) is 17.2 Å². The van der Waals surface area contributed by atoms with Gasteiger partial charge >= 0.3 is 0 Å². The topological polar surface area (TPSA) is 60.0 Å². The number of aliphatic hydroxyl groups is 1. The summed E-state index contributed by atoms with van der Waals surface area (Å²) in [5, 5.41) is 13.9. The van der Waals surface area contributed by atoms with Crippen LogP contribution in [0.3, 0.4) is 0 Å². The fourth-order valence-corrected chi connectivity index (χ4v) is 3.39. The van der Waals surface area contributed by atoms with Crippen molar-refractivity contribution in [2.75, 3.05) is 26.3 Å². The highest BCUT2D eigenvalue weighted by Crippen LogP contribution is 2.51. The first-order valence-electron chi connectivity index (χ1n) is 8.19. The Hall–Kier alpha value is -1.46. The van der Waals surface area contributed by atoms with Gasteiger partial charge in [-0.25, -0.2) is 0 Å². The van der Waals surface area contributed by atoms with Crippen LogP contribution in [0, 0.1) is 0 Å². The second-order valence-electron chi connectivity index (χ2n) is 5.93. The maximum Gasteiger partial charge on any atom is 0.203 e. The molecule has 1 aromatic rings. The van der Waals surface area contributed by atoms with Gasteiger partial charge in [0.2, 0.25) is 5.75 Å². The van der Waals surface area contributed by atoms with Crippen molar-refractivity contribution >= 4 is 0 Å². The molecule has 2 N–H and O–H groups in total. The first-order valence-corrected chi connectivity index (χ1v) is 8.19. The number of rotatable bonds is 4. The Labute approximate surface area is 131 Å². The minimum absolute atomic E-state index is 0.297. The molecule has 0 aromatic heterocycles.